The van der Waals surface area contributed by atoms with E-state index in [1.54, 1.807) is 0 Å². The quantitative estimate of drug-likeness (QED) is 0.440. The van der Waals surface area contributed by atoms with Gasteiger partial charge in [0.2, 0.25) is 0 Å². The summed E-state index contributed by atoms with van der Waals surface area (Å²) in [6.07, 6.45) is 0.640. The predicted octanol–water partition coefficient (Wildman–Crippen LogP) is 2.02. The summed E-state index contributed by atoms with van der Waals surface area (Å²) in [7, 11) is 0. The first-order valence-corrected chi connectivity index (χ1v) is 8.77. The minimum atomic E-state index is -0.610. The molecular formula is C16H20N2O8S. The Hall–Kier alpha value is -2.95. The van der Waals surface area contributed by atoms with Crippen LogP contribution in [0.15, 0.2) is 24.3 Å². The van der Waals surface area contributed by atoms with Crippen LogP contribution in [-0.4, -0.2) is 41.5 Å². The van der Waals surface area contributed by atoms with Crippen molar-refractivity contribution in [3.05, 3.63) is 24.3 Å². The number of aromatic hydroxyl groups is 4. The lowest BCUT2D eigenvalue weighted by molar-refractivity contribution is -0.136. The fraction of sp³-hybridized carbons (Fsp3) is 0.375. The highest BCUT2D eigenvalue weighted by Gasteiger charge is 2.12. The molecule has 0 radical (unpaired) electrons. The Labute approximate surface area is 159 Å². The third-order valence-electron chi connectivity index (χ3n) is 3.65. The van der Waals surface area contributed by atoms with Gasteiger partial charge in [-0.3, -0.25) is 18.7 Å². The van der Waals surface area contributed by atoms with Gasteiger partial charge in [0.1, 0.15) is 0 Å². The lowest BCUT2D eigenvalue weighted by Crippen LogP contribution is -2.06. The van der Waals surface area contributed by atoms with E-state index in [-0.39, 0.29) is 61.8 Å². The minimum Gasteiger partial charge on any atom is -0.494 e. The zero-order chi connectivity index (χ0) is 19.8. The highest BCUT2D eigenvalue weighted by molar-refractivity contribution is 7.90. The van der Waals surface area contributed by atoms with Crippen molar-refractivity contribution in [3.8, 4) is 23.5 Å². The second kappa shape index (κ2) is 9.67. The molecule has 27 heavy (non-hydrogen) atoms. The normalized spacial score (nSPS) is 10.7. The smallest absolute Gasteiger partial charge is 0.320 e. The molecule has 2 aromatic heterocycles. The fourth-order valence-electron chi connectivity index (χ4n) is 2.29. The Morgan fingerprint density at radius 2 is 1.07 bits per heavy atom. The third-order valence-corrected chi connectivity index (χ3v) is 4.16. The molecule has 0 fully saturated rings. The average Bonchev–Trinajstić information content (AvgIpc) is 3.11. The Morgan fingerprint density at radius 1 is 0.741 bits per heavy atom. The van der Waals surface area contributed by atoms with Crippen LogP contribution in [0.2, 0.25) is 0 Å². The molecule has 2 heterocycles. The van der Waals surface area contributed by atoms with E-state index in [2.05, 4.69) is 0 Å². The molecule has 0 unspecified atom stereocenters. The SMILES string of the molecule is O=C(CCCn1c(O)ccc1O)OSOC(=O)CCCn1c(O)ccc1O. The molecule has 0 aliphatic rings. The highest BCUT2D eigenvalue weighted by atomic mass is 32.2. The van der Waals surface area contributed by atoms with Crippen molar-refractivity contribution in [2.24, 2.45) is 0 Å². The Bertz CT molecular complexity index is 682. The molecule has 0 aliphatic heterocycles. The van der Waals surface area contributed by atoms with Crippen LogP contribution in [0.3, 0.4) is 0 Å². The van der Waals surface area contributed by atoms with Crippen LogP contribution in [0.25, 0.3) is 0 Å². The van der Waals surface area contributed by atoms with Gasteiger partial charge in [0.15, 0.2) is 23.5 Å². The molecule has 10 nitrogen and oxygen atoms in total. The van der Waals surface area contributed by atoms with Gasteiger partial charge in [-0.25, -0.2) is 0 Å². The number of carbonyl (C=O) groups is 2. The van der Waals surface area contributed by atoms with Crippen LogP contribution < -0.4 is 0 Å². The number of hydrogen-bond acceptors (Lipinski definition) is 9. The maximum atomic E-state index is 11.5. The Kier molecular flexibility index (Phi) is 7.29. The molecule has 4 N–H and O–H groups in total. The van der Waals surface area contributed by atoms with E-state index in [0.29, 0.717) is 12.8 Å². The summed E-state index contributed by atoms with van der Waals surface area (Å²) in [5.41, 5.74) is 0. The molecule has 2 aromatic rings. The number of aromatic nitrogens is 2. The molecular weight excluding hydrogens is 380 g/mol. The van der Waals surface area contributed by atoms with Gasteiger partial charge < -0.3 is 28.8 Å². The molecule has 0 amide bonds. The summed E-state index contributed by atoms with van der Waals surface area (Å²) in [4.78, 5) is 23.1. The van der Waals surface area contributed by atoms with E-state index in [0.717, 1.165) is 0 Å². The van der Waals surface area contributed by atoms with Gasteiger partial charge in [0, 0.05) is 50.2 Å². The first-order chi connectivity index (χ1) is 12.9. The lowest BCUT2D eigenvalue weighted by atomic mass is 10.3. The van der Waals surface area contributed by atoms with E-state index < -0.39 is 11.9 Å². The van der Waals surface area contributed by atoms with Gasteiger partial charge in [-0.2, -0.15) is 0 Å². The van der Waals surface area contributed by atoms with Crippen LogP contribution in [0.1, 0.15) is 25.7 Å². The summed E-state index contributed by atoms with van der Waals surface area (Å²) in [5.74, 6) is -1.64. The van der Waals surface area contributed by atoms with E-state index >= 15 is 0 Å². The molecule has 0 spiro atoms. The molecule has 0 aliphatic carbocycles. The summed E-state index contributed by atoms with van der Waals surface area (Å²) in [5, 5.41) is 37.8. The van der Waals surface area contributed by atoms with Crippen LogP contribution in [0.4, 0.5) is 0 Å². The van der Waals surface area contributed by atoms with Crippen LogP contribution >= 0.6 is 12.3 Å². The maximum Gasteiger partial charge on any atom is 0.320 e. The molecule has 0 aromatic carbocycles. The molecule has 2 rings (SSSR count). The van der Waals surface area contributed by atoms with Crippen LogP contribution in [0.5, 0.6) is 23.5 Å². The predicted molar refractivity (Wildman–Crippen MR) is 93.8 cm³/mol. The zero-order valence-electron chi connectivity index (χ0n) is 14.3. The van der Waals surface area contributed by atoms with Crippen molar-refractivity contribution in [2.45, 2.75) is 38.8 Å². The van der Waals surface area contributed by atoms with E-state index in [1.807, 2.05) is 0 Å². The van der Waals surface area contributed by atoms with Crippen molar-refractivity contribution < 1.29 is 38.4 Å². The first-order valence-electron chi connectivity index (χ1n) is 8.10. The summed E-state index contributed by atoms with van der Waals surface area (Å²) in [6, 6.07) is 5.34. The molecule has 0 atom stereocenters. The Balaban J connectivity index is 1.56. The molecule has 11 heteroatoms. The van der Waals surface area contributed by atoms with Crippen molar-refractivity contribution >= 4 is 24.3 Å². The van der Waals surface area contributed by atoms with Crippen molar-refractivity contribution in [2.75, 3.05) is 0 Å². The van der Waals surface area contributed by atoms with Crippen molar-refractivity contribution in [1.29, 1.82) is 0 Å². The van der Waals surface area contributed by atoms with Crippen LogP contribution in [0, 0.1) is 0 Å². The number of carbonyl (C=O) groups excluding carboxylic acids is 2. The first kappa shape index (κ1) is 20.4. The number of nitrogens with zero attached hydrogens (tertiary/aromatic N) is 2. The van der Waals surface area contributed by atoms with E-state index in [4.69, 9.17) is 8.37 Å². The standard InChI is InChI=1S/C16H20N2O8S/c19-11-5-6-12(20)17(11)9-1-3-15(23)25-27-26-16(24)4-2-10-18-13(21)7-8-14(18)22/h5-8,19-22H,1-4,9-10H2. The van der Waals surface area contributed by atoms with E-state index in [9.17, 15) is 30.0 Å². The molecule has 0 bridgehead atoms. The maximum absolute atomic E-state index is 11.5. The van der Waals surface area contributed by atoms with Gasteiger partial charge in [0.05, 0.1) is 0 Å². The van der Waals surface area contributed by atoms with Crippen molar-refractivity contribution in [3.63, 3.8) is 0 Å². The van der Waals surface area contributed by atoms with E-state index in [1.165, 1.54) is 33.4 Å². The molecule has 0 saturated carbocycles. The summed E-state index contributed by atoms with van der Waals surface area (Å²) in [6.45, 7) is 0.451. The molecule has 148 valence electrons. The second-order valence-electron chi connectivity index (χ2n) is 5.59. The van der Waals surface area contributed by atoms with Gasteiger partial charge in [0.25, 0.3) is 12.3 Å². The Morgan fingerprint density at radius 3 is 1.41 bits per heavy atom. The van der Waals surface area contributed by atoms with Gasteiger partial charge in [-0.15, -0.1) is 0 Å². The van der Waals surface area contributed by atoms with Crippen LogP contribution in [-0.2, 0) is 31.0 Å². The van der Waals surface area contributed by atoms with Gasteiger partial charge >= 0.3 is 11.9 Å². The number of rotatable bonds is 10. The largest absolute Gasteiger partial charge is 0.494 e. The number of hydrogen-bond donors (Lipinski definition) is 4. The zero-order valence-corrected chi connectivity index (χ0v) is 15.1. The molecule has 0 saturated heterocycles. The summed E-state index contributed by atoms with van der Waals surface area (Å²) < 4.78 is 11.9. The lowest BCUT2D eigenvalue weighted by Gasteiger charge is -2.07. The topological polar surface area (TPSA) is 143 Å². The van der Waals surface area contributed by atoms with Gasteiger partial charge in [-0.05, 0) is 12.8 Å². The average molecular weight is 400 g/mol. The van der Waals surface area contributed by atoms with Gasteiger partial charge in [-0.1, -0.05) is 0 Å². The highest BCUT2D eigenvalue weighted by Crippen LogP contribution is 2.22. The van der Waals surface area contributed by atoms with Crippen molar-refractivity contribution in [1.82, 2.24) is 9.13 Å². The summed E-state index contributed by atoms with van der Waals surface area (Å²) >= 11 is 0.268. The fourth-order valence-corrected chi connectivity index (χ4v) is 2.64. The second-order valence-corrected chi connectivity index (χ2v) is 6.06. The monoisotopic (exact) mass is 400 g/mol. The third kappa shape index (κ3) is 6.06. The minimum absolute atomic E-state index is 0.00773.